The highest BCUT2D eigenvalue weighted by Crippen LogP contribution is 2.24. The number of carbonyl (C=O) groups excluding carboxylic acids is 1. The van der Waals surface area contributed by atoms with Gasteiger partial charge in [-0.3, -0.25) is 10.1 Å². The quantitative estimate of drug-likeness (QED) is 0.388. The van der Waals surface area contributed by atoms with E-state index in [0.717, 1.165) is 16.8 Å². The zero-order valence-electron chi connectivity index (χ0n) is 17.5. The van der Waals surface area contributed by atoms with E-state index < -0.39 is 0 Å². The number of aromatic nitrogens is 5. The Balaban J connectivity index is 1.42. The second-order valence-electron chi connectivity index (χ2n) is 7.35. The molecule has 0 saturated heterocycles. The van der Waals surface area contributed by atoms with E-state index in [1.54, 1.807) is 21.9 Å². The van der Waals surface area contributed by atoms with Gasteiger partial charge in [0, 0.05) is 16.8 Å². The summed E-state index contributed by atoms with van der Waals surface area (Å²) in [5.41, 5.74) is 3.61. The van der Waals surface area contributed by atoms with Crippen molar-refractivity contribution in [1.82, 2.24) is 24.5 Å². The van der Waals surface area contributed by atoms with Crippen LogP contribution >= 0.6 is 11.6 Å². The summed E-state index contributed by atoms with van der Waals surface area (Å²) in [5, 5.41) is 12.5. The Kier molecular flexibility index (Phi) is 5.70. The van der Waals surface area contributed by atoms with E-state index in [-0.39, 0.29) is 11.9 Å². The molecule has 0 atom stereocenters. The zero-order valence-corrected chi connectivity index (χ0v) is 18.2. The monoisotopic (exact) mass is 454 g/mol. The van der Waals surface area contributed by atoms with Gasteiger partial charge in [0.2, 0.25) is 5.95 Å². The predicted octanol–water partition coefficient (Wildman–Crippen LogP) is 5.08. The maximum absolute atomic E-state index is 13.2. The van der Waals surface area contributed by atoms with Gasteiger partial charge in [-0.2, -0.15) is 5.10 Å². The van der Waals surface area contributed by atoms with Gasteiger partial charge in [-0.05, 0) is 23.8 Å². The molecule has 0 saturated carbocycles. The standard InChI is InChI=1S/C25H19ClN6O/c26-22-14-8-7-11-19(22)15-31-17-27-25(30-31)28-24(33)21-16-32(20-12-5-2-6-13-20)29-23(21)18-9-3-1-4-10-18/h1-14,16-17H,15H2,(H,28,30,33). The average molecular weight is 455 g/mol. The van der Waals surface area contributed by atoms with Gasteiger partial charge in [0.05, 0.1) is 17.8 Å². The number of para-hydroxylation sites is 1. The first kappa shape index (κ1) is 20.7. The molecule has 1 amide bonds. The van der Waals surface area contributed by atoms with Crippen LogP contribution in [0.1, 0.15) is 15.9 Å². The molecule has 2 heterocycles. The molecule has 1 N–H and O–H groups in total. The smallest absolute Gasteiger partial charge is 0.261 e. The summed E-state index contributed by atoms with van der Waals surface area (Å²) in [6.07, 6.45) is 3.28. The van der Waals surface area contributed by atoms with Crippen molar-refractivity contribution in [2.75, 3.05) is 5.32 Å². The number of nitrogens with zero attached hydrogens (tertiary/aromatic N) is 5. The Labute approximate surface area is 195 Å². The summed E-state index contributed by atoms with van der Waals surface area (Å²) in [6.45, 7) is 0.448. The van der Waals surface area contributed by atoms with E-state index >= 15 is 0 Å². The van der Waals surface area contributed by atoms with Crippen LogP contribution < -0.4 is 5.32 Å². The number of anilines is 1. The molecule has 0 spiro atoms. The van der Waals surface area contributed by atoms with Crippen molar-refractivity contribution < 1.29 is 4.79 Å². The number of carbonyl (C=O) groups is 1. The molecule has 0 fully saturated rings. The lowest BCUT2D eigenvalue weighted by Gasteiger charge is -2.04. The first-order valence-corrected chi connectivity index (χ1v) is 10.7. The van der Waals surface area contributed by atoms with Gasteiger partial charge in [0.25, 0.3) is 5.91 Å². The van der Waals surface area contributed by atoms with Gasteiger partial charge >= 0.3 is 0 Å². The molecule has 2 aromatic heterocycles. The molecule has 33 heavy (non-hydrogen) atoms. The van der Waals surface area contributed by atoms with Gasteiger partial charge in [0.15, 0.2) is 0 Å². The summed E-state index contributed by atoms with van der Waals surface area (Å²) in [4.78, 5) is 17.4. The Morgan fingerprint density at radius 3 is 2.33 bits per heavy atom. The molecule has 7 nitrogen and oxygen atoms in total. The highest BCUT2D eigenvalue weighted by Gasteiger charge is 2.20. The molecule has 0 bridgehead atoms. The van der Waals surface area contributed by atoms with Gasteiger partial charge in [-0.15, -0.1) is 5.10 Å². The number of nitrogens with one attached hydrogen (secondary N) is 1. The molecule has 3 aromatic carbocycles. The van der Waals surface area contributed by atoms with Crippen molar-refractivity contribution in [3.8, 4) is 16.9 Å². The highest BCUT2D eigenvalue weighted by molar-refractivity contribution is 6.31. The largest absolute Gasteiger partial charge is 0.289 e. The number of rotatable bonds is 6. The third kappa shape index (κ3) is 4.53. The third-order valence-electron chi connectivity index (χ3n) is 5.08. The van der Waals surface area contributed by atoms with Crippen LogP contribution in [0.5, 0.6) is 0 Å². The topological polar surface area (TPSA) is 77.6 Å². The SMILES string of the molecule is O=C(Nc1ncn(Cc2ccccc2Cl)n1)c1cn(-c2ccccc2)nc1-c1ccccc1. The lowest BCUT2D eigenvalue weighted by Crippen LogP contribution is -2.14. The summed E-state index contributed by atoms with van der Waals surface area (Å²) < 4.78 is 3.32. The summed E-state index contributed by atoms with van der Waals surface area (Å²) in [5.74, 6) is -0.134. The lowest BCUT2D eigenvalue weighted by atomic mass is 10.1. The van der Waals surface area contributed by atoms with Crippen LogP contribution in [0.4, 0.5) is 5.95 Å². The van der Waals surface area contributed by atoms with Crippen molar-refractivity contribution in [2.45, 2.75) is 6.54 Å². The van der Waals surface area contributed by atoms with Crippen LogP contribution in [-0.4, -0.2) is 30.5 Å². The highest BCUT2D eigenvalue weighted by atomic mass is 35.5. The van der Waals surface area contributed by atoms with E-state index in [4.69, 9.17) is 11.6 Å². The molecule has 0 unspecified atom stereocenters. The maximum Gasteiger partial charge on any atom is 0.261 e. The summed E-state index contributed by atoms with van der Waals surface area (Å²) in [6, 6.07) is 26.8. The van der Waals surface area contributed by atoms with Crippen LogP contribution in [0.25, 0.3) is 16.9 Å². The van der Waals surface area contributed by atoms with Crippen LogP contribution in [0.3, 0.4) is 0 Å². The average Bonchev–Trinajstić information content (AvgIpc) is 3.49. The first-order valence-electron chi connectivity index (χ1n) is 10.3. The van der Waals surface area contributed by atoms with E-state index in [1.807, 2.05) is 84.9 Å². The van der Waals surface area contributed by atoms with Crippen molar-refractivity contribution in [3.63, 3.8) is 0 Å². The van der Waals surface area contributed by atoms with E-state index in [1.165, 1.54) is 0 Å². The number of benzene rings is 3. The van der Waals surface area contributed by atoms with Crippen LogP contribution in [0.15, 0.2) is 97.5 Å². The minimum atomic E-state index is -0.341. The molecule has 162 valence electrons. The Morgan fingerprint density at radius 1 is 0.879 bits per heavy atom. The minimum absolute atomic E-state index is 0.207. The van der Waals surface area contributed by atoms with Crippen LogP contribution in [0.2, 0.25) is 5.02 Å². The van der Waals surface area contributed by atoms with E-state index in [2.05, 4.69) is 20.5 Å². The fourth-order valence-corrected chi connectivity index (χ4v) is 3.66. The second kappa shape index (κ2) is 9.10. The Hall–Kier alpha value is -4.23. The van der Waals surface area contributed by atoms with Crippen molar-refractivity contribution >= 4 is 23.5 Å². The van der Waals surface area contributed by atoms with Gasteiger partial charge in [0.1, 0.15) is 12.0 Å². The molecule has 0 aliphatic rings. The van der Waals surface area contributed by atoms with Crippen LogP contribution in [0, 0.1) is 0 Å². The van der Waals surface area contributed by atoms with Gasteiger partial charge < -0.3 is 0 Å². The van der Waals surface area contributed by atoms with E-state index in [0.29, 0.717) is 22.8 Å². The second-order valence-corrected chi connectivity index (χ2v) is 7.76. The third-order valence-corrected chi connectivity index (χ3v) is 5.45. The van der Waals surface area contributed by atoms with Gasteiger partial charge in [-0.25, -0.2) is 14.3 Å². The molecule has 0 aliphatic carbocycles. The normalized spacial score (nSPS) is 10.8. The fourth-order valence-electron chi connectivity index (χ4n) is 3.46. The molecular weight excluding hydrogens is 436 g/mol. The van der Waals surface area contributed by atoms with Gasteiger partial charge in [-0.1, -0.05) is 78.3 Å². The minimum Gasteiger partial charge on any atom is -0.289 e. The Bertz CT molecular complexity index is 1390. The molecule has 0 aliphatic heterocycles. The van der Waals surface area contributed by atoms with E-state index in [9.17, 15) is 4.79 Å². The molecule has 0 radical (unpaired) electrons. The zero-order chi connectivity index (χ0) is 22.6. The van der Waals surface area contributed by atoms with Crippen molar-refractivity contribution in [1.29, 1.82) is 0 Å². The van der Waals surface area contributed by atoms with Crippen molar-refractivity contribution in [2.24, 2.45) is 0 Å². The molecular formula is C25H19ClN6O. The molecule has 5 aromatic rings. The molecule has 8 heteroatoms. The number of amides is 1. The summed E-state index contributed by atoms with van der Waals surface area (Å²) in [7, 11) is 0. The number of hydrogen-bond donors (Lipinski definition) is 1. The maximum atomic E-state index is 13.2. The lowest BCUT2D eigenvalue weighted by molar-refractivity contribution is 0.102. The van der Waals surface area contributed by atoms with Crippen LogP contribution in [-0.2, 0) is 6.54 Å². The predicted molar refractivity (Wildman–Crippen MR) is 128 cm³/mol. The number of halogens is 1. The summed E-state index contributed by atoms with van der Waals surface area (Å²) >= 11 is 6.23. The number of hydrogen-bond acceptors (Lipinski definition) is 4. The Morgan fingerprint density at radius 2 is 1.58 bits per heavy atom. The van der Waals surface area contributed by atoms with Crippen molar-refractivity contribution in [3.05, 3.63) is 114 Å². The fraction of sp³-hybridized carbons (Fsp3) is 0.0400. The molecule has 5 rings (SSSR count). The first-order chi connectivity index (χ1) is 16.2.